The number of hydrogen-bond donors (Lipinski definition) is 0. The summed E-state index contributed by atoms with van der Waals surface area (Å²) in [5.41, 5.74) is 0.0125. The number of hydrogen-bond acceptors (Lipinski definition) is 2. The third-order valence-corrected chi connectivity index (χ3v) is 4.61. The topological polar surface area (TPSA) is 20.3 Å². The van der Waals surface area contributed by atoms with Gasteiger partial charge < -0.3 is 4.79 Å². The standard InChI is InChI=1S/C14H25NO/c1-2-15(13-7-3-4-8-13)11-14(12-16)9-5-6-10-14/h12-13H,2-11H2,1H3. The molecule has 2 rings (SSSR count). The Morgan fingerprint density at radius 1 is 1.19 bits per heavy atom. The second kappa shape index (κ2) is 5.31. The lowest BCUT2D eigenvalue weighted by atomic mass is 9.87. The van der Waals surface area contributed by atoms with Crippen molar-refractivity contribution in [1.82, 2.24) is 4.90 Å². The normalized spacial score (nSPS) is 25.4. The van der Waals surface area contributed by atoms with Gasteiger partial charge in [0.05, 0.1) is 0 Å². The van der Waals surface area contributed by atoms with Crippen molar-refractivity contribution in [2.45, 2.75) is 64.3 Å². The second-order valence-corrected chi connectivity index (χ2v) is 5.69. The molecule has 0 N–H and O–H groups in total. The Morgan fingerprint density at radius 3 is 2.31 bits per heavy atom. The zero-order valence-corrected chi connectivity index (χ0v) is 10.6. The number of nitrogens with zero attached hydrogens (tertiary/aromatic N) is 1. The molecule has 2 heteroatoms. The van der Waals surface area contributed by atoms with Crippen LogP contribution < -0.4 is 0 Å². The molecule has 0 unspecified atom stereocenters. The second-order valence-electron chi connectivity index (χ2n) is 5.69. The number of carbonyl (C=O) groups is 1. The van der Waals surface area contributed by atoms with Crippen molar-refractivity contribution in [1.29, 1.82) is 0 Å². The first-order valence-corrected chi connectivity index (χ1v) is 7.00. The van der Waals surface area contributed by atoms with Crippen molar-refractivity contribution in [3.8, 4) is 0 Å². The van der Waals surface area contributed by atoms with Crippen LogP contribution in [-0.2, 0) is 4.79 Å². The van der Waals surface area contributed by atoms with Crippen LogP contribution in [0.2, 0.25) is 0 Å². The van der Waals surface area contributed by atoms with Gasteiger partial charge in [-0.25, -0.2) is 0 Å². The lowest BCUT2D eigenvalue weighted by Crippen LogP contribution is -2.42. The Balaban J connectivity index is 1.96. The van der Waals surface area contributed by atoms with Crippen molar-refractivity contribution in [2.24, 2.45) is 5.41 Å². The van der Waals surface area contributed by atoms with Crippen LogP contribution in [0, 0.1) is 5.41 Å². The molecular weight excluding hydrogens is 198 g/mol. The lowest BCUT2D eigenvalue weighted by molar-refractivity contribution is -0.117. The van der Waals surface area contributed by atoms with E-state index in [2.05, 4.69) is 11.8 Å². The molecule has 0 spiro atoms. The van der Waals surface area contributed by atoms with Crippen LogP contribution >= 0.6 is 0 Å². The van der Waals surface area contributed by atoms with Crippen LogP contribution in [0.3, 0.4) is 0 Å². The Bertz CT molecular complexity index is 227. The highest BCUT2D eigenvalue weighted by Gasteiger charge is 2.36. The zero-order valence-electron chi connectivity index (χ0n) is 10.6. The maximum Gasteiger partial charge on any atom is 0.127 e. The molecule has 2 aliphatic rings. The molecule has 0 atom stereocenters. The third kappa shape index (κ3) is 2.48. The molecule has 2 fully saturated rings. The van der Waals surface area contributed by atoms with Gasteiger partial charge in [-0.15, -0.1) is 0 Å². The van der Waals surface area contributed by atoms with Crippen LogP contribution in [0.25, 0.3) is 0 Å². The number of rotatable bonds is 5. The quantitative estimate of drug-likeness (QED) is 0.668. The Labute approximate surface area is 99.4 Å². The Kier molecular flexibility index (Phi) is 4.01. The van der Waals surface area contributed by atoms with E-state index < -0.39 is 0 Å². The fourth-order valence-electron chi connectivity index (χ4n) is 3.57. The van der Waals surface area contributed by atoms with Crippen LogP contribution in [0.5, 0.6) is 0 Å². The minimum absolute atomic E-state index is 0.0125. The van der Waals surface area contributed by atoms with Crippen LogP contribution in [-0.4, -0.2) is 30.3 Å². The highest BCUT2D eigenvalue weighted by molar-refractivity contribution is 5.60. The zero-order chi connectivity index (χ0) is 11.4. The summed E-state index contributed by atoms with van der Waals surface area (Å²) < 4.78 is 0. The predicted octanol–water partition coefficient (Wildman–Crippen LogP) is 3.01. The first kappa shape index (κ1) is 12.1. The summed E-state index contributed by atoms with van der Waals surface area (Å²) in [4.78, 5) is 13.9. The Hall–Kier alpha value is -0.370. The number of carbonyl (C=O) groups excluding carboxylic acids is 1. The minimum atomic E-state index is 0.0125. The van der Waals surface area contributed by atoms with Crippen molar-refractivity contribution in [3.63, 3.8) is 0 Å². The Morgan fingerprint density at radius 2 is 1.81 bits per heavy atom. The van der Waals surface area contributed by atoms with Gasteiger partial charge in [-0.2, -0.15) is 0 Å². The van der Waals surface area contributed by atoms with Gasteiger partial charge in [0.25, 0.3) is 0 Å². The molecule has 0 aliphatic heterocycles. The summed E-state index contributed by atoms with van der Waals surface area (Å²) in [5.74, 6) is 0. The monoisotopic (exact) mass is 223 g/mol. The molecule has 0 aromatic heterocycles. The third-order valence-electron chi connectivity index (χ3n) is 4.61. The summed E-state index contributed by atoms with van der Waals surface area (Å²) in [6.45, 7) is 4.38. The molecule has 0 amide bonds. The highest BCUT2D eigenvalue weighted by Crippen LogP contribution is 2.38. The van der Waals surface area contributed by atoms with Gasteiger partial charge in [-0.1, -0.05) is 32.6 Å². The van der Waals surface area contributed by atoms with Crippen LogP contribution in [0.15, 0.2) is 0 Å². The fraction of sp³-hybridized carbons (Fsp3) is 0.929. The summed E-state index contributed by atoms with van der Waals surface area (Å²) >= 11 is 0. The van der Waals surface area contributed by atoms with Crippen LogP contribution in [0.4, 0.5) is 0 Å². The summed E-state index contributed by atoms with van der Waals surface area (Å²) in [7, 11) is 0. The van der Waals surface area contributed by atoms with Crippen molar-refractivity contribution < 1.29 is 4.79 Å². The van der Waals surface area contributed by atoms with E-state index in [1.807, 2.05) is 0 Å². The highest BCUT2D eigenvalue weighted by atomic mass is 16.1. The van der Waals surface area contributed by atoms with E-state index in [1.165, 1.54) is 44.8 Å². The average molecular weight is 223 g/mol. The summed E-state index contributed by atoms with van der Waals surface area (Å²) in [6, 6.07) is 0.766. The van der Waals surface area contributed by atoms with E-state index in [0.29, 0.717) is 0 Å². The maximum atomic E-state index is 11.4. The van der Waals surface area contributed by atoms with Crippen molar-refractivity contribution in [3.05, 3.63) is 0 Å². The van der Waals surface area contributed by atoms with E-state index in [0.717, 1.165) is 32.0 Å². The molecular formula is C14H25NO. The minimum Gasteiger partial charge on any atom is -0.303 e. The molecule has 0 aromatic rings. The molecule has 92 valence electrons. The van der Waals surface area contributed by atoms with Crippen LogP contribution in [0.1, 0.15) is 58.3 Å². The van der Waals surface area contributed by atoms with E-state index in [9.17, 15) is 4.79 Å². The first-order valence-electron chi connectivity index (χ1n) is 7.00. The first-order chi connectivity index (χ1) is 7.79. The molecule has 2 nitrogen and oxygen atoms in total. The van der Waals surface area contributed by atoms with Gasteiger partial charge in [0, 0.05) is 18.0 Å². The molecule has 0 heterocycles. The van der Waals surface area contributed by atoms with E-state index in [1.54, 1.807) is 0 Å². The van der Waals surface area contributed by atoms with Gasteiger partial charge in [-0.3, -0.25) is 4.90 Å². The fourth-order valence-corrected chi connectivity index (χ4v) is 3.57. The molecule has 2 saturated carbocycles. The van der Waals surface area contributed by atoms with Gasteiger partial charge in [0.1, 0.15) is 6.29 Å². The molecule has 0 aromatic carbocycles. The van der Waals surface area contributed by atoms with Gasteiger partial charge >= 0.3 is 0 Å². The maximum absolute atomic E-state index is 11.4. The molecule has 0 radical (unpaired) electrons. The molecule has 16 heavy (non-hydrogen) atoms. The van der Waals surface area contributed by atoms with Crippen molar-refractivity contribution in [2.75, 3.05) is 13.1 Å². The van der Waals surface area contributed by atoms with Gasteiger partial charge in [0.15, 0.2) is 0 Å². The smallest absolute Gasteiger partial charge is 0.127 e. The molecule has 0 bridgehead atoms. The lowest BCUT2D eigenvalue weighted by Gasteiger charge is -2.34. The van der Waals surface area contributed by atoms with E-state index >= 15 is 0 Å². The van der Waals surface area contributed by atoms with E-state index in [4.69, 9.17) is 0 Å². The molecule has 0 saturated heterocycles. The summed E-state index contributed by atoms with van der Waals surface area (Å²) in [5, 5.41) is 0. The average Bonchev–Trinajstić information content (AvgIpc) is 2.98. The number of aldehydes is 1. The van der Waals surface area contributed by atoms with Gasteiger partial charge in [-0.05, 0) is 32.2 Å². The largest absolute Gasteiger partial charge is 0.303 e. The SMILES string of the molecule is CCN(CC1(C=O)CCCC1)C1CCCC1. The predicted molar refractivity (Wildman–Crippen MR) is 66.5 cm³/mol. The van der Waals surface area contributed by atoms with E-state index in [-0.39, 0.29) is 5.41 Å². The van der Waals surface area contributed by atoms with Crippen molar-refractivity contribution >= 4 is 6.29 Å². The molecule has 2 aliphatic carbocycles. The summed E-state index contributed by atoms with van der Waals surface area (Å²) in [6.07, 6.45) is 11.5. The van der Waals surface area contributed by atoms with Gasteiger partial charge in [0.2, 0.25) is 0 Å².